The van der Waals surface area contributed by atoms with Crippen LogP contribution in [0.15, 0.2) is 45.7 Å². The highest BCUT2D eigenvalue weighted by Crippen LogP contribution is 2.23. The molecule has 0 atom stereocenters. The number of nitrogens with two attached hydrogens (primary N) is 1. The van der Waals surface area contributed by atoms with Gasteiger partial charge in [0.15, 0.2) is 0 Å². The standard InChI is InChI=1S/C13H13BrN2O/c1-9-4-2-7-13(17)16(9)8-10-11(14)5-3-6-12(10)15/h2-7H,8,15H2,1H3. The number of benzene rings is 1. The molecule has 88 valence electrons. The predicted octanol–water partition coefficient (Wildman–Crippen LogP) is 2.55. The Morgan fingerprint density at radius 3 is 2.59 bits per heavy atom. The summed E-state index contributed by atoms with van der Waals surface area (Å²) < 4.78 is 2.63. The molecule has 0 fully saturated rings. The predicted molar refractivity (Wildman–Crippen MR) is 73.1 cm³/mol. The second-order valence-corrected chi connectivity index (χ2v) is 4.75. The van der Waals surface area contributed by atoms with Crippen molar-refractivity contribution in [1.29, 1.82) is 0 Å². The lowest BCUT2D eigenvalue weighted by Gasteiger charge is -2.12. The Bertz CT molecular complexity index is 584. The van der Waals surface area contributed by atoms with Gasteiger partial charge in [-0.2, -0.15) is 0 Å². The molecule has 0 amide bonds. The summed E-state index contributed by atoms with van der Waals surface area (Å²) in [7, 11) is 0. The maximum atomic E-state index is 11.8. The van der Waals surface area contributed by atoms with Gasteiger partial charge in [-0.1, -0.05) is 28.1 Å². The first kappa shape index (κ1) is 11.9. The first-order chi connectivity index (χ1) is 8.09. The Hall–Kier alpha value is -1.55. The molecule has 2 N–H and O–H groups in total. The highest BCUT2D eigenvalue weighted by Gasteiger charge is 2.07. The number of aromatic nitrogens is 1. The zero-order valence-electron chi connectivity index (χ0n) is 9.48. The summed E-state index contributed by atoms with van der Waals surface area (Å²) in [4.78, 5) is 11.8. The summed E-state index contributed by atoms with van der Waals surface area (Å²) >= 11 is 3.46. The molecular formula is C13H13BrN2O. The normalized spacial score (nSPS) is 10.5. The third-order valence-corrected chi connectivity index (χ3v) is 3.48. The van der Waals surface area contributed by atoms with E-state index in [-0.39, 0.29) is 5.56 Å². The number of pyridine rings is 1. The number of hydrogen-bond acceptors (Lipinski definition) is 2. The molecule has 0 radical (unpaired) electrons. The molecule has 0 bridgehead atoms. The third kappa shape index (κ3) is 2.42. The summed E-state index contributed by atoms with van der Waals surface area (Å²) in [6.07, 6.45) is 0. The minimum Gasteiger partial charge on any atom is -0.398 e. The van der Waals surface area contributed by atoms with Gasteiger partial charge in [0.2, 0.25) is 0 Å². The quantitative estimate of drug-likeness (QED) is 0.865. The lowest BCUT2D eigenvalue weighted by Crippen LogP contribution is -2.22. The average Bonchev–Trinajstić information content (AvgIpc) is 2.27. The zero-order chi connectivity index (χ0) is 12.4. The number of halogens is 1. The van der Waals surface area contributed by atoms with Crippen molar-refractivity contribution in [3.8, 4) is 0 Å². The van der Waals surface area contributed by atoms with E-state index >= 15 is 0 Å². The van der Waals surface area contributed by atoms with Gasteiger partial charge in [0, 0.05) is 27.5 Å². The molecule has 0 saturated carbocycles. The van der Waals surface area contributed by atoms with Gasteiger partial charge in [0.05, 0.1) is 6.54 Å². The molecule has 2 rings (SSSR count). The van der Waals surface area contributed by atoms with Crippen molar-refractivity contribution in [2.75, 3.05) is 5.73 Å². The monoisotopic (exact) mass is 292 g/mol. The van der Waals surface area contributed by atoms with Gasteiger partial charge in [-0.3, -0.25) is 4.79 Å². The summed E-state index contributed by atoms with van der Waals surface area (Å²) in [5.41, 5.74) is 8.46. The van der Waals surface area contributed by atoms with E-state index in [1.165, 1.54) is 0 Å². The largest absolute Gasteiger partial charge is 0.398 e. The fourth-order valence-corrected chi connectivity index (χ4v) is 2.23. The Morgan fingerprint density at radius 1 is 1.24 bits per heavy atom. The van der Waals surface area contributed by atoms with Gasteiger partial charge in [0.25, 0.3) is 5.56 Å². The summed E-state index contributed by atoms with van der Waals surface area (Å²) in [6.45, 7) is 2.40. The van der Waals surface area contributed by atoms with E-state index in [2.05, 4.69) is 15.9 Å². The molecule has 4 heteroatoms. The zero-order valence-corrected chi connectivity index (χ0v) is 11.1. The highest BCUT2D eigenvalue weighted by atomic mass is 79.9. The molecule has 2 aromatic rings. The molecule has 0 unspecified atom stereocenters. The van der Waals surface area contributed by atoms with Crippen LogP contribution in [0, 0.1) is 6.92 Å². The molecule has 0 aliphatic carbocycles. The number of nitrogens with zero attached hydrogens (tertiary/aromatic N) is 1. The molecule has 0 spiro atoms. The third-order valence-electron chi connectivity index (χ3n) is 2.74. The number of anilines is 1. The second kappa shape index (κ2) is 4.75. The van der Waals surface area contributed by atoms with Crippen molar-refractivity contribution >= 4 is 21.6 Å². The van der Waals surface area contributed by atoms with Gasteiger partial charge in [0.1, 0.15) is 0 Å². The number of nitrogen functional groups attached to an aromatic ring is 1. The Labute approximate surface area is 108 Å². The van der Waals surface area contributed by atoms with E-state index in [1.54, 1.807) is 16.7 Å². The van der Waals surface area contributed by atoms with Gasteiger partial charge in [-0.05, 0) is 25.1 Å². The molecule has 0 aliphatic heterocycles. The molecule has 3 nitrogen and oxygen atoms in total. The first-order valence-electron chi connectivity index (χ1n) is 5.29. The Morgan fingerprint density at radius 2 is 1.94 bits per heavy atom. The fraction of sp³-hybridized carbons (Fsp3) is 0.154. The first-order valence-corrected chi connectivity index (χ1v) is 6.08. The van der Waals surface area contributed by atoms with Crippen LogP contribution in [0.25, 0.3) is 0 Å². The van der Waals surface area contributed by atoms with E-state index in [1.807, 2.05) is 31.2 Å². The highest BCUT2D eigenvalue weighted by molar-refractivity contribution is 9.10. The SMILES string of the molecule is Cc1cccc(=O)n1Cc1c(N)cccc1Br. The molecule has 1 aromatic heterocycles. The van der Waals surface area contributed by atoms with Crippen molar-refractivity contribution in [2.24, 2.45) is 0 Å². The van der Waals surface area contributed by atoms with Crippen molar-refractivity contribution < 1.29 is 0 Å². The van der Waals surface area contributed by atoms with Crippen LogP contribution in [0.1, 0.15) is 11.3 Å². The topological polar surface area (TPSA) is 48.0 Å². The molecule has 17 heavy (non-hydrogen) atoms. The Balaban J connectivity index is 2.49. The lowest BCUT2D eigenvalue weighted by atomic mass is 10.1. The Kier molecular flexibility index (Phi) is 3.33. The summed E-state index contributed by atoms with van der Waals surface area (Å²) in [5.74, 6) is 0. The molecule has 0 saturated heterocycles. The van der Waals surface area contributed by atoms with Crippen LogP contribution in [-0.4, -0.2) is 4.57 Å². The summed E-state index contributed by atoms with van der Waals surface area (Å²) in [5, 5.41) is 0. The number of rotatable bonds is 2. The van der Waals surface area contributed by atoms with Crippen LogP contribution in [0.5, 0.6) is 0 Å². The van der Waals surface area contributed by atoms with Crippen LogP contribution in [0.3, 0.4) is 0 Å². The van der Waals surface area contributed by atoms with Gasteiger partial charge in [-0.15, -0.1) is 0 Å². The second-order valence-electron chi connectivity index (χ2n) is 3.90. The van der Waals surface area contributed by atoms with Gasteiger partial charge in [-0.25, -0.2) is 0 Å². The average molecular weight is 293 g/mol. The lowest BCUT2D eigenvalue weighted by molar-refractivity contribution is 0.729. The van der Waals surface area contributed by atoms with Gasteiger partial charge >= 0.3 is 0 Å². The van der Waals surface area contributed by atoms with E-state index in [4.69, 9.17) is 5.73 Å². The van der Waals surface area contributed by atoms with E-state index in [0.717, 1.165) is 15.7 Å². The molecule has 0 aliphatic rings. The minimum absolute atomic E-state index is 0.0137. The van der Waals surface area contributed by atoms with Crippen LogP contribution in [-0.2, 0) is 6.54 Å². The van der Waals surface area contributed by atoms with E-state index in [0.29, 0.717) is 12.2 Å². The van der Waals surface area contributed by atoms with Crippen LogP contribution in [0.2, 0.25) is 0 Å². The number of aryl methyl sites for hydroxylation is 1. The maximum Gasteiger partial charge on any atom is 0.251 e. The van der Waals surface area contributed by atoms with Crippen LogP contribution >= 0.6 is 15.9 Å². The van der Waals surface area contributed by atoms with Crippen molar-refractivity contribution in [1.82, 2.24) is 4.57 Å². The maximum absolute atomic E-state index is 11.8. The van der Waals surface area contributed by atoms with Crippen molar-refractivity contribution in [2.45, 2.75) is 13.5 Å². The fourth-order valence-electron chi connectivity index (χ4n) is 1.73. The van der Waals surface area contributed by atoms with Crippen molar-refractivity contribution in [3.63, 3.8) is 0 Å². The van der Waals surface area contributed by atoms with E-state index in [9.17, 15) is 4.79 Å². The smallest absolute Gasteiger partial charge is 0.251 e. The van der Waals surface area contributed by atoms with Gasteiger partial charge < -0.3 is 10.3 Å². The van der Waals surface area contributed by atoms with E-state index < -0.39 is 0 Å². The van der Waals surface area contributed by atoms with Crippen LogP contribution < -0.4 is 11.3 Å². The van der Waals surface area contributed by atoms with Crippen molar-refractivity contribution in [3.05, 3.63) is 62.5 Å². The molecular weight excluding hydrogens is 280 g/mol. The number of hydrogen-bond donors (Lipinski definition) is 1. The van der Waals surface area contributed by atoms with Crippen LogP contribution in [0.4, 0.5) is 5.69 Å². The molecule has 1 aromatic carbocycles. The molecule has 1 heterocycles. The summed E-state index contributed by atoms with van der Waals surface area (Å²) in [6, 6.07) is 10.9. The minimum atomic E-state index is -0.0137.